The molecular formula is C24H29BrN6O2. The zero-order valence-electron chi connectivity index (χ0n) is 18.7. The van der Waals surface area contributed by atoms with E-state index in [0.717, 1.165) is 50.2 Å². The molecule has 2 fully saturated rings. The van der Waals surface area contributed by atoms with E-state index in [1.165, 1.54) is 12.8 Å². The number of benzene rings is 1. The van der Waals surface area contributed by atoms with Gasteiger partial charge in [0.1, 0.15) is 17.0 Å². The Labute approximate surface area is 201 Å². The van der Waals surface area contributed by atoms with Crippen LogP contribution in [-0.4, -0.2) is 52.1 Å². The molecule has 9 heteroatoms. The van der Waals surface area contributed by atoms with Crippen molar-refractivity contribution in [3.63, 3.8) is 0 Å². The largest absolute Gasteiger partial charge is 0.490 e. The molecule has 33 heavy (non-hydrogen) atoms. The Hall–Kier alpha value is -2.65. The fraction of sp³-hybridized carbons (Fsp3) is 0.458. The summed E-state index contributed by atoms with van der Waals surface area (Å²) in [5.41, 5.74) is 1.17. The van der Waals surface area contributed by atoms with Gasteiger partial charge in [0.05, 0.1) is 16.1 Å². The Morgan fingerprint density at radius 3 is 2.55 bits per heavy atom. The van der Waals surface area contributed by atoms with Crippen LogP contribution in [0.25, 0.3) is 10.9 Å². The van der Waals surface area contributed by atoms with Crippen LogP contribution in [0.5, 0.6) is 5.75 Å². The number of piperidine rings is 1. The third-order valence-corrected chi connectivity index (χ3v) is 7.07. The average molecular weight is 513 g/mol. The van der Waals surface area contributed by atoms with Crippen molar-refractivity contribution in [2.75, 3.05) is 30.8 Å². The summed E-state index contributed by atoms with van der Waals surface area (Å²) in [6.07, 6.45) is 8.72. The number of hydrogen-bond donors (Lipinski definition) is 3. The first-order valence-corrected chi connectivity index (χ1v) is 12.4. The van der Waals surface area contributed by atoms with Crippen molar-refractivity contribution in [1.82, 2.24) is 19.9 Å². The van der Waals surface area contributed by atoms with Gasteiger partial charge in [-0.05, 0) is 98.9 Å². The predicted molar refractivity (Wildman–Crippen MR) is 135 cm³/mol. The Morgan fingerprint density at radius 2 is 1.82 bits per heavy atom. The summed E-state index contributed by atoms with van der Waals surface area (Å²) in [6, 6.07) is 8.13. The van der Waals surface area contributed by atoms with Crippen LogP contribution in [-0.2, 0) is 0 Å². The highest BCUT2D eigenvalue weighted by Crippen LogP contribution is 2.29. The number of fused-ring (bicyclic) bond motifs is 1. The van der Waals surface area contributed by atoms with Crippen LogP contribution in [0.3, 0.4) is 0 Å². The van der Waals surface area contributed by atoms with Crippen molar-refractivity contribution in [3.05, 3.63) is 45.3 Å². The van der Waals surface area contributed by atoms with Gasteiger partial charge in [-0.15, -0.1) is 0 Å². The molecule has 174 valence electrons. The topological polar surface area (TPSA) is 95.2 Å². The molecule has 3 heterocycles. The van der Waals surface area contributed by atoms with Gasteiger partial charge in [0.25, 0.3) is 5.56 Å². The number of anilines is 3. The molecule has 2 aromatic heterocycles. The minimum Gasteiger partial charge on any atom is -0.490 e. The van der Waals surface area contributed by atoms with Crippen LogP contribution in [0.4, 0.5) is 17.5 Å². The number of nitrogens with one attached hydrogen (secondary N) is 3. The van der Waals surface area contributed by atoms with E-state index in [1.807, 2.05) is 24.3 Å². The van der Waals surface area contributed by atoms with Gasteiger partial charge in [-0.2, -0.15) is 4.98 Å². The van der Waals surface area contributed by atoms with Crippen molar-refractivity contribution < 1.29 is 4.74 Å². The Morgan fingerprint density at radius 1 is 1.09 bits per heavy atom. The molecule has 1 aliphatic carbocycles. The van der Waals surface area contributed by atoms with E-state index in [4.69, 9.17) is 9.72 Å². The number of H-pyrrole nitrogens is 1. The van der Waals surface area contributed by atoms with Crippen molar-refractivity contribution >= 4 is 44.3 Å². The number of halogens is 1. The summed E-state index contributed by atoms with van der Waals surface area (Å²) in [4.78, 5) is 27.1. The van der Waals surface area contributed by atoms with E-state index in [1.54, 1.807) is 6.20 Å². The van der Waals surface area contributed by atoms with Crippen LogP contribution in [0, 0.1) is 0 Å². The third kappa shape index (κ3) is 5.14. The van der Waals surface area contributed by atoms with E-state index in [9.17, 15) is 4.79 Å². The summed E-state index contributed by atoms with van der Waals surface area (Å²) in [5, 5.41) is 7.22. The van der Waals surface area contributed by atoms with Gasteiger partial charge < -0.3 is 25.3 Å². The zero-order valence-corrected chi connectivity index (χ0v) is 20.3. The maximum atomic E-state index is 12.7. The molecule has 0 atom stereocenters. The molecule has 0 amide bonds. The summed E-state index contributed by atoms with van der Waals surface area (Å²) >= 11 is 3.53. The number of hydrogen-bond acceptors (Lipinski definition) is 7. The molecule has 1 aliphatic heterocycles. The summed E-state index contributed by atoms with van der Waals surface area (Å²) in [5.74, 6) is 1.86. The highest BCUT2D eigenvalue weighted by molar-refractivity contribution is 9.10. The fourth-order valence-corrected chi connectivity index (χ4v) is 4.96. The van der Waals surface area contributed by atoms with E-state index in [0.29, 0.717) is 39.3 Å². The second-order valence-corrected chi connectivity index (χ2v) is 9.84. The highest BCUT2D eigenvalue weighted by atomic mass is 79.9. The van der Waals surface area contributed by atoms with Crippen molar-refractivity contribution in [2.45, 2.75) is 50.7 Å². The van der Waals surface area contributed by atoms with Crippen molar-refractivity contribution in [2.24, 2.45) is 0 Å². The first-order valence-electron chi connectivity index (χ1n) is 11.6. The van der Waals surface area contributed by atoms with Gasteiger partial charge in [0.15, 0.2) is 0 Å². The molecule has 0 unspecified atom stereocenters. The molecular weight excluding hydrogens is 484 g/mol. The molecule has 1 saturated heterocycles. The summed E-state index contributed by atoms with van der Waals surface area (Å²) < 4.78 is 6.79. The zero-order chi connectivity index (χ0) is 22.8. The van der Waals surface area contributed by atoms with Gasteiger partial charge in [0, 0.05) is 17.9 Å². The molecule has 8 nitrogen and oxygen atoms in total. The Bertz CT molecular complexity index is 1170. The van der Waals surface area contributed by atoms with E-state index in [-0.39, 0.29) is 5.56 Å². The lowest BCUT2D eigenvalue weighted by Gasteiger charge is -2.29. The van der Waals surface area contributed by atoms with Crippen LogP contribution in [0.1, 0.15) is 38.5 Å². The number of aromatic amines is 1. The number of likely N-dealkylation sites (tertiary alicyclic amines) is 1. The molecule has 0 spiro atoms. The molecule has 0 bridgehead atoms. The molecule has 3 N–H and O–H groups in total. The van der Waals surface area contributed by atoms with Crippen molar-refractivity contribution in [3.8, 4) is 5.75 Å². The molecule has 2 aliphatic rings. The van der Waals surface area contributed by atoms with Crippen LogP contribution in [0.15, 0.2) is 39.7 Å². The van der Waals surface area contributed by atoms with Crippen LogP contribution < -0.4 is 20.9 Å². The first-order chi connectivity index (χ1) is 16.0. The second-order valence-electron chi connectivity index (χ2n) is 8.98. The Balaban J connectivity index is 1.42. The smallest absolute Gasteiger partial charge is 0.261 e. The minimum atomic E-state index is -0.234. The molecule has 1 saturated carbocycles. The molecule has 1 aromatic carbocycles. The number of nitrogens with zero attached hydrogens (tertiary/aromatic N) is 3. The molecule has 3 aromatic rings. The van der Waals surface area contributed by atoms with E-state index < -0.39 is 0 Å². The van der Waals surface area contributed by atoms with Gasteiger partial charge >= 0.3 is 0 Å². The van der Waals surface area contributed by atoms with Gasteiger partial charge in [-0.25, -0.2) is 4.98 Å². The first kappa shape index (κ1) is 22.2. The lowest BCUT2D eigenvalue weighted by atomic mass is 10.1. The molecule has 5 rings (SSSR count). The predicted octanol–water partition coefficient (Wildman–Crippen LogP) is 4.65. The number of rotatable bonds is 6. The number of pyridine rings is 1. The quantitative estimate of drug-likeness (QED) is 0.442. The lowest BCUT2D eigenvalue weighted by molar-refractivity contribution is 0.210. The van der Waals surface area contributed by atoms with E-state index in [2.05, 4.69) is 48.5 Å². The second kappa shape index (κ2) is 9.69. The van der Waals surface area contributed by atoms with Crippen LogP contribution in [0.2, 0.25) is 0 Å². The highest BCUT2D eigenvalue weighted by Gasteiger charge is 2.20. The minimum absolute atomic E-state index is 0.234. The van der Waals surface area contributed by atoms with Gasteiger partial charge in [-0.1, -0.05) is 0 Å². The summed E-state index contributed by atoms with van der Waals surface area (Å²) in [6.45, 7) is 2.07. The Kier molecular flexibility index (Phi) is 6.50. The third-order valence-electron chi connectivity index (χ3n) is 6.47. The standard InChI is InChI=1S/C24H29BrN6O2/c1-31-12-10-16(11-13-31)28-24-29-21-19(25)14-26-23(32)20(21)22(30-24)27-15-6-8-18(9-7-15)33-17-4-2-3-5-17/h6-9,14,16-17H,2-5,10-13H2,1H3,(H,26,32)(H2,27,28,29,30). The maximum Gasteiger partial charge on any atom is 0.261 e. The number of ether oxygens (including phenoxy) is 1. The van der Waals surface area contributed by atoms with E-state index >= 15 is 0 Å². The average Bonchev–Trinajstić information content (AvgIpc) is 3.32. The maximum absolute atomic E-state index is 12.7. The normalized spacial score (nSPS) is 18.0. The number of aromatic nitrogens is 3. The van der Waals surface area contributed by atoms with Crippen molar-refractivity contribution in [1.29, 1.82) is 0 Å². The molecule has 0 radical (unpaired) electrons. The lowest BCUT2D eigenvalue weighted by Crippen LogP contribution is -2.37. The van der Waals surface area contributed by atoms with Crippen LogP contribution >= 0.6 is 15.9 Å². The summed E-state index contributed by atoms with van der Waals surface area (Å²) in [7, 11) is 2.14. The van der Waals surface area contributed by atoms with Gasteiger partial charge in [0.2, 0.25) is 5.95 Å². The fourth-order valence-electron chi connectivity index (χ4n) is 4.56. The van der Waals surface area contributed by atoms with Gasteiger partial charge in [-0.3, -0.25) is 4.79 Å². The SMILES string of the molecule is CN1CCC(Nc2nc(Nc3ccc(OC4CCCC4)cc3)c3c(=O)[nH]cc(Br)c3n2)CC1. The monoisotopic (exact) mass is 512 g/mol.